The van der Waals surface area contributed by atoms with E-state index in [0.29, 0.717) is 6.10 Å². The van der Waals surface area contributed by atoms with Gasteiger partial charge in [0.2, 0.25) is 0 Å². The summed E-state index contributed by atoms with van der Waals surface area (Å²) in [6, 6.07) is 0. The lowest BCUT2D eigenvalue weighted by Crippen LogP contribution is -2.25. The largest absolute Gasteiger partial charge is 0.380 e. The lowest BCUT2D eigenvalue weighted by Gasteiger charge is -2.08. The fourth-order valence-corrected chi connectivity index (χ4v) is 0.905. The summed E-state index contributed by atoms with van der Waals surface area (Å²) >= 11 is 0. The molecule has 0 heterocycles. The van der Waals surface area contributed by atoms with E-state index in [-0.39, 0.29) is 0 Å². The molecule has 0 rings (SSSR count). The molecular formula is C11H23NO2. The highest BCUT2D eigenvalue weighted by atomic mass is 16.5. The Labute approximate surface area is 87.5 Å². The van der Waals surface area contributed by atoms with Crippen molar-refractivity contribution in [2.75, 3.05) is 32.9 Å². The Balaban J connectivity index is 2.88. The maximum atomic E-state index is 5.37. The Morgan fingerprint density at radius 3 is 2.57 bits per heavy atom. The van der Waals surface area contributed by atoms with E-state index in [1.165, 1.54) is 0 Å². The minimum absolute atomic E-state index is 0.320. The van der Waals surface area contributed by atoms with Crippen molar-refractivity contribution >= 4 is 0 Å². The summed E-state index contributed by atoms with van der Waals surface area (Å²) in [4.78, 5) is 0. The normalized spacial score (nSPS) is 10.8. The lowest BCUT2D eigenvalue weighted by atomic mass is 10.4. The van der Waals surface area contributed by atoms with Crippen LogP contribution >= 0.6 is 0 Å². The first-order valence-corrected chi connectivity index (χ1v) is 5.28. The Morgan fingerprint density at radius 2 is 1.93 bits per heavy atom. The van der Waals surface area contributed by atoms with Crippen molar-refractivity contribution in [1.29, 1.82) is 0 Å². The number of hydrogen-bond donors (Lipinski definition) is 1. The maximum Gasteiger partial charge on any atom is 0.0594 e. The van der Waals surface area contributed by atoms with Crippen molar-refractivity contribution < 1.29 is 9.47 Å². The Kier molecular flexibility index (Phi) is 10.4. The molecule has 0 atom stereocenters. The van der Waals surface area contributed by atoms with Gasteiger partial charge in [0.05, 0.1) is 25.9 Å². The summed E-state index contributed by atoms with van der Waals surface area (Å²) in [6.45, 7) is 11.8. The molecule has 1 N–H and O–H groups in total. The average molecular weight is 201 g/mol. The molecule has 84 valence electrons. The van der Waals surface area contributed by atoms with Gasteiger partial charge < -0.3 is 14.8 Å². The van der Waals surface area contributed by atoms with Crippen molar-refractivity contribution in [3.8, 4) is 0 Å². The van der Waals surface area contributed by atoms with Gasteiger partial charge in [-0.3, -0.25) is 0 Å². The van der Waals surface area contributed by atoms with Crippen molar-refractivity contribution in [1.82, 2.24) is 5.32 Å². The van der Waals surface area contributed by atoms with Crippen LogP contribution in [0, 0.1) is 0 Å². The topological polar surface area (TPSA) is 30.5 Å². The lowest BCUT2D eigenvalue weighted by molar-refractivity contribution is 0.0784. The highest BCUT2D eigenvalue weighted by Gasteiger charge is 1.92. The third-order valence-corrected chi connectivity index (χ3v) is 1.62. The van der Waals surface area contributed by atoms with E-state index in [4.69, 9.17) is 9.47 Å². The number of rotatable bonds is 10. The maximum absolute atomic E-state index is 5.37. The zero-order valence-corrected chi connectivity index (χ0v) is 9.42. The molecule has 0 bridgehead atoms. The minimum atomic E-state index is 0.320. The predicted octanol–water partition coefficient (Wildman–Crippen LogP) is 1.59. The molecule has 0 radical (unpaired) electrons. The monoisotopic (exact) mass is 201 g/mol. The van der Waals surface area contributed by atoms with Gasteiger partial charge in [-0.25, -0.2) is 0 Å². The molecule has 0 aliphatic rings. The highest BCUT2D eigenvalue weighted by Crippen LogP contribution is 1.85. The standard InChI is InChI=1S/C11H23NO2/c1-4-5-8-13-9-6-12-7-10-14-11(2)3/h4,11-12H,1,5-10H2,2-3H3. The fourth-order valence-electron chi connectivity index (χ4n) is 0.905. The summed E-state index contributed by atoms with van der Waals surface area (Å²) < 4.78 is 10.7. The van der Waals surface area contributed by atoms with E-state index in [0.717, 1.165) is 39.3 Å². The molecule has 0 aromatic heterocycles. The molecule has 0 aromatic rings. The number of nitrogens with one attached hydrogen (secondary N) is 1. The second-order valence-electron chi connectivity index (χ2n) is 3.36. The van der Waals surface area contributed by atoms with Crippen LogP contribution in [0.25, 0.3) is 0 Å². The van der Waals surface area contributed by atoms with Crippen LogP contribution in [0.2, 0.25) is 0 Å². The van der Waals surface area contributed by atoms with Crippen LogP contribution in [0.3, 0.4) is 0 Å². The van der Waals surface area contributed by atoms with Crippen molar-refractivity contribution in [2.24, 2.45) is 0 Å². The summed E-state index contributed by atoms with van der Waals surface area (Å²) in [5, 5.41) is 3.24. The number of hydrogen-bond acceptors (Lipinski definition) is 3. The first-order valence-electron chi connectivity index (χ1n) is 5.28. The van der Waals surface area contributed by atoms with Gasteiger partial charge in [0.1, 0.15) is 0 Å². The average Bonchev–Trinajstić information content (AvgIpc) is 2.15. The van der Waals surface area contributed by atoms with E-state index in [9.17, 15) is 0 Å². The van der Waals surface area contributed by atoms with Crippen molar-refractivity contribution in [2.45, 2.75) is 26.4 Å². The smallest absolute Gasteiger partial charge is 0.0594 e. The van der Waals surface area contributed by atoms with Gasteiger partial charge in [-0.05, 0) is 20.3 Å². The van der Waals surface area contributed by atoms with Gasteiger partial charge >= 0.3 is 0 Å². The van der Waals surface area contributed by atoms with Gasteiger partial charge in [0.25, 0.3) is 0 Å². The summed E-state index contributed by atoms with van der Waals surface area (Å²) in [5.41, 5.74) is 0. The van der Waals surface area contributed by atoms with E-state index in [2.05, 4.69) is 11.9 Å². The fraction of sp³-hybridized carbons (Fsp3) is 0.818. The first-order chi connectivity index (χ1) is 6.77. The minimum Gasteiger partial charge on any atom is -0.380 e. The van der Waals surface area contributed by atoms with E-state index in [1.807, 2.05) is 19.9 Å². The molecular weight excluding hydrogens is 178 g/mol. The van der Waals surface area contributed by atoms with Gasteiger partial charge in [-0.2, -0.15) is 0 Å². The van der Waals surface area contributed by atoms with Crippen LogP contribution in [-0.2, 0) is 9.47 Å². The van der Waals surface area contributed by atoms with E-state index < -0.39 is 0 Å². The van der Waals surface area contributed by atoms with Crippen LogP contribution in [0.15, 0.2) is 12.7 Å². The molecule has 0 aliphatic carbocycles. The third-order valence-electron chi connectivity index (χ3n) is 1.62. The van der Waals surface area contributed by atoms with Gasteiger partial charge in [-0.15, -0.1) is 6.58 Å². The number of ether oxygens (including phenoxy) is 2. The molecule has 0 fully saturated rings. The molecule has 0 saturated carbocycles. The quantitative estimate of drug-likeness (QED) is 0.430. The third kappa shape index (κ3) is 11.6. The summed E-state index contributed by atoms with van der Waals surface area (Å²) in [5.74, 6) is 0. The van der Waals surface area contributed by atoms with Gasteiger partial charge in [-0.1, -0.05) is 6.08 Å². The molecule has 0 aromatic carbocycles. The Bertz CT molecular complexity index is 126. The Hall–Kier alpha value is -0.380. The molecule has 0 amide bonds. The molecule has 14 heavy (non-hydrogen) atoms. The van der Waals surface area contributed by atoms with Crippen LogP contribution in [0.5, 0.6) is 0 Å². The molecule has 3 nitrogen and oxygen atoms in total. The van der Waals surface area contributed by atoms with Gasteiger partial charge in [0, 0.05) is 13.1 Å². The van der Waals surface area contributed by atoms with Crippen LogP contribution in [-0.4, -0.2) is 39.0 Å². The zero-order chi connectivity index (χ0) is 10.6. The first kappa shape index (κ1) is 13.6. The summed E-state index contributed by atoms with van der Waals surface area (Å²) in [6.07, 6.45) is 3.11. The van der Waals surface area contributed by atoms with Crippen LogP contribution in [0.1, 0.15) is 20.3 Å². The predicted molar refractivity (Wildman–Crippen MR) is 59.6 cm³/mol. The second-order valence-corrected chi connectivity index (χ2v) is 3.36. The molecule has 0 saturated heterocycles. The SMILES string of the molecule is C=CCCOCCNCCOC(C)C. The summed E-state index contributed by atoms with van der Waals surface area (Å²) in [7, 11) is 0. The Morgan fingerprint density at radius 1 is 1.21 bits per heavy atom. The van der Waals surface area contributed by atoms with Gasteiger partial charge in [0.15, 0.2) is 0 Å². The highest BCUT2D eigenvalue weighted by molar-refractivity contribution is 4.64. The van der Waals surface area contributed by atoms with Crippen molar-refractivity contribution in [3.63, 3.8) is 0 Å². The van der Waals surface area contributed by atoms with E-state index in [1.54, 1.807) is 0 Å². The molecule has 0 aliphatic heterocycles. The molecule has 0 spiro atoms. The zero-order valence-electron chi connectivity index (χ0n) is 9.42. The van der Waals surface area contributed by atoms with Crippen LogP contribution in [0.4, 0.5) is 0 Å². The molecule has 3 heteroatoms. The van der Waals surface area contributed by atoms with E-state index >= 15 is 0 Å². The second kappa shape index (κ2) is 10.7. The van der Waals surface area contributed by atoms with Crippen LogP contribution < -0.4 is 5.32 Å². The van der Waals surface area contributed by atoms with Crippen molar-refractivity contribution in [3.05, 3.63) is 12.7 Å². The molecule has 0 unspecified atom stereocenters.